The molecule has 0 amide bonds. The van der Waals surface area contributed by atoms with Gasteiger partial charge in [0, 0.05) is 6.54 Å². The van der Waals surface area contributed by atoms with Gasteiger partial charge in [-0.3, -0.25) is 0 Å². The fourth-order valence-electron chi connectivity index (χ4n) is 1.67. The lowest BCUT2D eigenvalue weighted by Gasteiger charge is -2.18. The van der Waals surface area contributed by atoms with Crippen molar-refractivity contribution >= 4 is 5.97 Å². The molecule has 0 aromatic heterocycles. The van der Waals surface area contributed by atoms with Gasteiger partial charge in [-0.25, -0.2) is 4.79 Å². The number of ether oxygens (including phenoxy) is 2. The van der Waals surface area contributed by atoms with Crippen molar-refractivity contribution in [3.8, 4) is 0 Å². The van der Waals surface area contributed by atoms with E-state index in [4.69, 9.17) is 9.47 Å². The number of carbonyl (C=O) groups is 1. The highest BCUT2D eigenvalue weighted by Gasteiger charge is 2.24. The van der Waals surface area contributed by atoms with Gasteiger partial charge < -0.3 is 14.4 Å². The minimum absolute atomic E-state index is 0.332. The lowest BCUT2D eigenvalue weighted by Crippen LogP contribution is -2.25. The fraction of sp³-hybridized carbons (Fsp3) is 0.308. The van der Waals surface area contributed by atoms with Crippen molar-refractivity contribution in [2.24, 2.45) is 0 Å². The van der Waals surface area contributed by atoms with Crippen LogP contribution in [0, 0.1) is 0 Å². The maximum atomic E-state index is 11.6. The molecule has 2 rings (SSSR count). The van der Waals surface area contributed by atoms with E-state index in [-0.39, 0.29) is 5.97 Å². The summed E-state index contributed by atoms with van der Waals surface area (Å²) in [5.74, 6) is -0.332. The molecular weight excluding hydrogens is 218 g/mol. The summed E-state index contributed by atoms with van der Waals surface area (Å²) < 4.78 is 10.1. The van der Waals surface area contributed by atoms with Gasteiger partial charge in [0.25, 0.3) is 0 Å². The van der Waals surface area contributed by atoms with Gasteiger partial charge in [0.1, 0.15) is 6.26 Å². The molecule has 0 aliphatic carbocycles. The Morgan fingerprint density at radius 3 is 2.88 bits per heavy atom. The van der Waals surface area contributed by atoms with Crippen LogP contribution in [0.1, 0.15) is 12.5 Å². The van der Waals surface area contributed by atoms with E-state index in [0.29, 0.717) is 25.6 Å². The monoisotopic (exact) mass is 233 g/mol. The predicted octanol–water partition coefficient (Wildman–Crippen LogP) is 1.88. The molecule has 0 fully saturated rings. The van der Waals surface area contributed by atoms with Crippen LogP contribution in [0.15, 0.2) is 42.3 Å². The summed E-state index contributed by atoms with van der Waals surface area (Å²) in [6.45, 7) is 3.19. The molecule has 0 bridgehead atoms. The third kappa shape index (κ3) is 2.78. The van der Waals surface area contributed by atoms with Gasteiger partial charge in [-0.15, -0.1) is 0 Å². The third-order valence-electron chi connectivity index (χ3n) is 2.47. The van der Waals surface area contributed by atoms with Crippen LogP contribution in [0.3, 0.4) is 0 Å². The molecule has 4 heteroatoms. The van der Waals surface area contributed by atoms with Crippen molar-refractivity contribution in [3.05, 3.63) is 47.9 Å². The van der Waals surface area contributed by atoms with Crippen LogP contribution < -0.4 is 0 Å². The van der Waals surface area contributed by atoms with Gasteiger partial charge in [0.05, 0.1) is 6.61 Å². The number of esters is 1. The zero-order valence-electron chi connectivity index (χ0n) is 9.76. The summed E-state index contributed by atoms with van der Waals surface area (Å²) in [5.41, 5.74) is 1.61. The molecule has 0 spiro atoms. The molecule has 1 aromatic carbocycles. The first kappa shape index (κ1) is 11.5. The van der Waals surface area contributed by atoms with Crippen molar-refractivity contribution in [1.29, 1.82) is 0 Å². The fourth-order valence-corrected chi connectivity index (χ4v) is 1.67. The van der Waals surface area contributed by atoms with Crippen LogP contribution in [0.25, 0.3) is 0 Å². The number of hydrogen-bond acceptors (Lipinski definition) is 4. The van der Waals surface area contributed by atoms with E-state index in [0.717, 1.165) is 5.56 Å². The quantitative estimate of drug-likeness (QED) is 0.744. The summed E-state index contributed by atoms with van der Waals surface area (Å²) in [7, 11) is 0. The van der Waals surface area contributed by atoms with Crippen molar-refractivity contribution in [2.75, 3.05) is 13.3 Å². The number of benzene rings is 1. The summed E-state index contributed by atoms with van der Waals surface area (Å²) in [6.07, 6.45) is 1.46. The first-order chi connectivity index (χ1) is 8.31. The maximum absolute atomic E-state index is 11.6. The minimum Gasteiger partial charge on any atom is -0.478 e. The summed E-state index contributed by atoms with van der Waals surface area (Å²) in [6, 6.07) is 9.94. The highest BCUT2D eigenvalue weighted by molar-refractivity contribution is 5.87. The van der Waals surface area contributed by atoms with Gasteiger partial charge in [-0.05, 0) is 12.5 Å². The first-order valence-corrected chi connectivity index (χ1v) is 5.59. The number of carbonyl (C=O) groups excluding carboxylic acids is 1. The number of hydrogen-bond donors (Lipinski definition) is 0. The molecule has 0 N–H and O–H groups in total. The minimum atomic E-state index is -0.332. The second kappa shape index (κ2) is 5.39. The van der Waals surface area contributed by atoms with Crippen LogP contribution in [0.2, 0.25) is 0 Å². The standard InChI is InChI=1S/C13H15NO3/c1-2-17-13(15)12-9-16-10-14(12)8-11-6-4-3-5-7-11/h3-7,9H,2,8,10H2,1H3. The Morgan fingerprint density at radius 1 is 1.41 bits per heavy atom. The molecule has 0 unspecified atom stereocenters. The molecule has 0 saturated carbocycles. The Labute approximate surface area is 100 Å². The molecule has 0 radical (unpaired) electrons. The second-order valence-corrected chi connectivity index (χ2v) is 3.70. The van der Waals surface area contributed by atoms with Gasteiger partial charge in [0.2, 0.25) is 0 Å². The van der Waals surface area contributed by atoms with E-state index >= 15 is 0 Å². The molecule has 0 saturated heterocycles. The SMILES string of the molecule is CCOC(=O)C1=COCN1Cc1ccccc1. The first-order valence-electron chi connectivity index (χ1n) is 5.59. The average molecular weight is 233 g/mol. The maximum Gasteiger partial charge on any atom is 0.357 e. The van der Waals surface area contributed by atoms with Crippen molar-refractivity contribution in [2.45, 2.75) is 13.5 Å². The van der Waals surface area contributed by atoms with Crippen molar-refractivity contribution in [1.82, 2.24) is 4.90 Å². The smallest absolute Gasteiger partial charge is 0.357 e. The predicted molar refractivity (Wildman–Crippen MR) is 62.7 cm³/mol. The molecule has 17 heavy (non-hydrogen) atoms. The van der Waals surface area contributed by atoms with Gasteiger partial charge in [-0.1, -0.05) is 30.3 Å². The van der Waals surface area contributed by atoms with E-state index in [1.165, 1.54) is 6.26 Å². The molecule has 1 aromatic rings. The molecular formula is C13H15NO3. The van der Waals surface area contributed by atoms with Crippen LogP contribution in [0.5, 0.6) is 0 Å². The van der Waals surface area contributed by atoms with Gasteiger partial charge >= 0.3 is 5.97 Å². The Balaban J connectivity index is 2.02. The Kier molecular flexibility index (Phi) is 3.65. The van der Waals surface area contributed by atoms with Crippen LogP contribution in [-0.2, 0) is 20.8 Å². The normalized spacial score (nSPS) is 14.2. The molecule has 90 valence electrons. The van der Waals surface area contributed by atoms with E-state index in [2.05, 4.69) is 0 Å². The second-order valence-electron chi connectivity index (χ2n) is 3.70. The highest BCUT2D eigenvalue weighted by atomic mass is 16.5. The molecule has 0 atom stereocenters. The Bertz CT molecular complexity index is 414. The average Bonchev–Trinajstić information content (AvgIpc) is 2.79. The topological polar surface area (TPSA) is 38.8 Å². The zero-order valence-corrected chi connectivity index (χ0v) is 9.76. The number of rotatable bonds is 4. The molecule has 4 nitrogen and oxygen atoms in total. The van der Waals surface area contributed by atoms with Crippen LogP contribution in [-0.4, -0.2) is 24.2 Å². The summed E-state index contributed by atoms with van der Waals surface area (Å²) in [4.78, 5) is 13.5. The lowest BCUT2D eigenvalue weighted by atomic mass is 10.2. The van der Waals surface area contributed by atoms with Crippen LogP contribution in [0.4, 0.5) is 0 Å². The molecule has 1 aliphatic rings. The zero-order chi connectivity index (χ0) is 12.1. The number of nitrogens with zero attached hydrogens (tertiary/aromatic N) is 1. The highest BCUT2D eigenvalue weighted by Crippen LogP contribution is 2.17. The summed E-state index contributed by atoms with van der Waals surface area (Å²) >= 11 is 0. The van der Waals surface area contributed by atoms with E-state index in [9.17, 15) is 4.79 Å². The molecule has 1 heterocycles. The van der Waals surface area contributed by atoms with Crippen molar-refractivity contribution in [3.63, 3.8) is 0 Å². The Morgan fingerprint density at radius 2 is 2.18 bits per heavy atom. The Hall–Kier alpha value is -1.97. The molecule has 1 aliphatic heterocycles. The lowest BCUT2D eigenvalue weighted by molar-refractivity contribution is -0.140. The largest absolute Gasteiger partial charge is 0.478 e. The van der Waals surface area contributed by atoms with Gasteiger partial charge in [-0.2, -0.15) is 0 Å². The third-order valence-corrected chi connectivity index (χ3v) is 2.47. The van der Waals surface area contributed by atoms with Gasteiger partial charge in [0.15, 0.2) is 12.4 Å². The van der Waals surface area contributed by atoms with E-state index in [1.54, 1.807) is 6.92 Å². The van der Waals surface area contributed by atoms with Crippen molar-refractivity contribution < 1.29 is 14.3 Å². The summed E-state index contributed by atoms with van der Waals surface area (Å²) in [5, 5.41) is 0. The van der Waals surface area contributed by atoms with E-state index < -0.39 is 0 Å². The van der Waals surface area contributed by atoms with Crippen LogP contribution >= 0.6 is 0 Å². The van der Waals surface area contributed by atoms with E-state index in [1.807, 2.05) is 35.2 Å².